The predicted octanol–water partition coefficient (Wildman–Crippen LogP) is 3.01. The van der Waals surface area contributed by atoms with Crippen LogP contribution in [0.4, 0.5) is 4.79 Å². The molecule has 4 amide bonds. The van der Waals surface area contributed by atoms with Gasteiger partial charge in [0.15, 0.2) is 0 Å². The molecule has 0 spiro atoms. The summed E-state index contributed by atoms with van der Waals surface area (Å²) in [4.78, 5) is 48.5. The van der Waals surface area contributed by atoms with Gasteiger partial charge in [-0.1, -0.05) is 31.9 Å². The number of amides is 4. The van der Waals surface area contributed by atoms with Gasteiger partial charge in [-0.2, -0.15) is 0 Å². The molecule has 2 saturated carbocycles. The molecule has 3 rings (SSSR count). The quantitative estimate of drug-likeness (QED) is 0.249. The molecule has 3 aliphatic rings. The summed E-state index contributed by atoms with van der Waals surface area (Å²) in [5, 5.41) is 4.95. The summed E-state index contributed by atoms with van der Waals surface area (Å²) in [6.45, 7) is 9.48. The number of likely N-dealkylation sites (tertiary alicyclic amines) is 1. The van der Waals surface area contributed by atoms with Crippen molar-refractivity contribution >= 4 is 33.8 Å². The minimum atomic E-state index is -3.47. The Morgan fingerprint density at radius 3 is 2.35 bits per heavy atom. The van der Waals surface area contributed by atoms with Gasteiger partial charge in [-0.25, -0.2) is 13.2 Å². The van der Waals surface area contributed by atoms with Crippen molar-refractivity contribution in [1.29, 1.82) is 0 Å². The molecule has 1 aliphatic heterocycles. The van der Waals surface area contributed by atoms with Crippen molar-refractivity contribution in [2.45, 2.75) is 109 Å². The molecule has 40 heavy (non-hydrogen) atoms. The van der Waals surface area contributed by atoms with Gasteiger partial charge in [0.2, 0.25) is 27.7 Å². The second-order valence-corrected chi connectivity index (χ2v) is 14.3. The first-order valence-electron chi connectivity index (χ1n) is 14.3. The van der Waals surface area contributed by atoms with Crippen molar-refractivity contribution in [3.8, 4) is 0 Å². The zero-order chi connectivity index (χ0) is 30.1. The summed E-state index contributed by atoms with van der Waals surface area (Å²) in [6, 6.07) is -0.437. The molecule has 2 aliphatic carbocycles. The van der Waals surface area contributed by atoms with E-state index < -0.39 is 32.5 Å². The third-order valence-electron chi connectivity index (χ3n) is 7.28. The number of rotatable bonds is 11. The summed E-state index contributed by atoms with van der Waals surface area (Å²) in [6.07, 6.45) is 11.8. The van der Waals surface area contributed by atoms with Gasteiger partial charge in [-0.3, -0.25) is 19.1 Å². The molecule has 3 fully saturated rings. The molecule has 0 aromatic heterocycles. The molecular weight excluding hydrogens is 536 g/mol. The number of alkyl carbamates (subject to hydrolysis) is 1. The molecule has 1 heterocycles. The largest absolute Gasteiger partial charge is 0.444 e. The molecule has 228 valence electrons. The molecule has 0 radical (unpaired) electrons. The number of sulfonamides is 1. The fourth-order valence-corrected chi connectivity index (χ4v) is 5.66. The smallest absolute Gasteiger partial charge is 0.408 e. The van der Waals surface area contributed by atoms with Gasteiger partial charge < -0.3 is 20.3 Å². The third-order valence-corrected chi connectivity index (χ3v) is 9.45. The van der Waals surface area contributed by atoms with E-state index >= 15 is 0 Å². The van der Waals surface area contributed by atoms with Crippen molar-refractivity contribution in [1.82, 2.24) is 20.3 Å². The van der Waals surface area contributed by atoms with Crippen molar-refractivity contribution in [3.63, 3.8) is 0 Å². The lowest BCUT2D eigenvalue weighted by atomic mass is 10.2. The number of likely N-dealkylation sites (N-methyl/N-ethyl adjacent to an activating group) is 1. The summed E-state index contributed by atoms with van der Waals surface area (Å²) < 4.78 is 30.5. The average Bonchev–Trinajstić information content (AvgIpc) is 3.77. The predicted molar refractivity (Wildman–Crippen MR) is 153 cm³/mol. The van der Waals surface area contributed by atoms with E-state index in [4.69, 9.17) is 4.74 Å². The van der Waals surface area contributed by atoms with E-state index in [2.05, 4.69) is 34.4 Å². The number of carbonyl (C=O) groups is 4. The molecule has 12 heteroatoms. The van der Waals surface area contributed by atoms with Crippen LogP contribution in [0.2, 0.25) is 0 Å². The number of hydrogen-bond donors (Lipinski definition) is 3. The summed E-state index contributed by atoms with van der Waals surface area (Å²) in [5.41, 5.74) is -0.606. The van der Waals surface area contributed by atoms with Gasteiger partial charge in [0.1, 0.15) is 18.2 Å². The van der Waals surface area contributed by atoms with E-state index in [1.54, 1.807) is 34.7 Å². The van der Waals surface area contributed by atoms with E-state index in [0.29, 0.717) is 25.8 Å². The Kier molecular flexibility index (Phi) is 12.0. The number of unbranched alkanes of at least 4 members (excludes halogenated alkanes) is 3. The van der Waals surface area contributed by atoms with Crippen molar-refractivity contribution < 1.29 is 32.3 Å². The highest BCUT2D eigenvalue weighted by Crippen LogP contribution is 2.44. The Morgan fingerprint density at radius 1 is 1.10 bits per heavy atom. The van der Waals surface area contributed by atoms with Crippen molar-refractivity contribution in [3.05, 3.63) is 12.2 Å². The van der Waals surface area contributed by atoms with Gasteiger partial charge >= 0.3 is 6.09 Å². The topological polar surface area (TPSA) is 151 Å². The maximum atomic E-state index is 12.0. The van der Waals surface area contributed by atoms with Crippen LogP contribution >= 0.6 is 0 Å². The Bertz CT molecular complexity index is 1050. The summed E-state index contributed by atoms with van der Waals surface area (Å²) >= 11 is 0. The number of ether oxygens (including phenoxy) is 1. The van der Waals surface area contributed by atoms with Gasteiger partial charge in [0.05, 0.1) is 4.75 Å². The number of hydrogen-bond acceptors (Lipinski definition) is 7. The summed E-state index contributed by atoms with van der Waals surface area (Å²) in [7, 11) is -1.93. The SMILES string of the molecule is CCCCC/C=C\C1CC1C(=O)NS(=O)(=O)C1(C)CC1.CNC(=O)C1CCCN1C(=O)CNC(=O)OC(C)(C)C. The minimum absolute atomic E-state index is 0.144. The molecular formula is C28H48N4O7S. The second-order valence-electron chi connectivity index (χ2n) is 12.1. The van der Waals surface area contributed by atoms with Crippen LogP contribution in [-0.2, 0) is 29.1 Å². The maximum absolute atomic E-state index is 12.0. The number of allylic oxidation sites excluding steroid dienone is 2. The lowest BCUT2D eigenvalue weighted by molar-refractivity contribution is -0.137. The second kappa shape index (κ2) is 14.3. The Labute approximate surface area is 239 Å². The standard InChI is InChI=1S/C15H25NO3S.C13H23N3O4/c1-3-4-5-6-7-8-12-11-13(12)14(17)16-20(18,19)15(2)9-10-15;1-13(2,3)20-12(19)15-8-10(17)16-7-5-6-9(16)11(18)14-4/h7-8,12-13H,3-6,9-11H2,1-2H3,(H,16,17);9H,5-8H2,1-4H3,(H,14,18)(H,15,19)/b8-7-;. The average molecular weight is 585 g/mol. The van der Waals surface area contributed by atoms with Crippen LogP contribution in [0.1, 0.15) is 92.4 Å². The fraction of sp³-hybridized carbons (Fsp3) is 0.786. The van der Waals surface area contributed by atoms with E-state index in [9.17, 15) is 27.6 Å². The van der Waals surface area contributed by atoms with Gasteiger partial charge in [-0.05, 0) is 78.6 Å². The lowest BCUT2D eigenvalue weighted by Crippen LogP contribution is -2.48. The Balaban J connectivity index is 0.000000280. The van der Waals surface area contributed by atoms with Crippen LogP contribution < -0.4 is 15.4 Å². The van der Waals surface area contributed by atoms with Crippen LogP contribution in [0.15, 0.2) is 12.2 Å². The first-order chi connectivity index (χ1) is 18.6. The Hall–Kier alpha value is -2.63. The first kappa shape index (κ1) is 33.6. The highest BCUT2D eigenvalue weighted by molar-refractivity contribution is 7.91. The summed E-state index contributed by atoms with van der Waals surface area (Å²) in [5.74, 6) is -0.676. The molecule has 1 saturated heterocycles. The molecule has 3 unspecified atom stereocenters. The normalized spacial score (nSPS) is 23.1. The van der Waals surface area contributed by atoms with Crippen molar-refractivity contribution in [2.75, 3.05) is 20.1 Å². The molecule has 11 nitrogen and oxygen atoms in total. The zero-order valence-electron chi connectivity index (χ0n) is 24.9. The van der Waals surface area contributed by atoms with E-state index in [1.807, 2.05) is 0 Å². The lowest BCUT2D eigenvalue weighted by Gasteiger charge is -2.24. The van der Waals surface area contributed by atoms with Gasteiger partial charge in [0.25, 0.3) is 0 Å². The molecule has 3 atom stereocenters. The van der Waals surface area contributed by atoms with Crippen LogP contribution in [-0.4, -0.2) is 73.7 Å². The highest BCUT2D eigenvalue weighted by Gasteiger charge is 2.52. The third kappa shape index (κ3) is 10.4. The molecule has 0 bridgehead atoms. The maximum Gasteiger partial charge on any atom is 0.408 e. The van der Waals surface area contributed by atoms with Gasteiger partial charge in [0, 0.05) is 19.5 Å². The van der Waals surface area contributed by atoms with Crippen molar-refractivity contribution in [2.24, 2.45) is 11.8 Å². The number of carbonyl (C=O) groups excluding carboxylic acids is 4. The highest BCUT2D eigenvalue weighted by atomic mass is 32.2. The number of nitrogens with one attached hydrogen (secondary N) is 3. The Morgan fingerprint density at radius 2 is 1.77 bits per heavy atom. The molecule has 0 aromatic carbocycles. The molecule has 0 aromatic rings. The van der Waals surface area contributed by atoms with Gasteiger partial charge in [-0.15, -0.1) is 0 Å². The number of nitrogens with zero attached hydrogens (tertiary/aromatic N) is 1. The van der Waals surface area contributed by atoms with E-state index in [0.717, 1.165) is 19.3 Å². The zero-order valence-corrected chi connectivity index (χ0v) is 25.7. The van der Waals surface area contributed by atoms with Crippen LogP contribution in [0.5, 0.6) is 0 Å². The van der Waals surface area contributed by atoms with Crippen LogP contribution in [0.3, 0.4) is 0 Å². The van der Waals surface area contributed by atoms with Crippen LogP contribution in [0, 0.1) is 11.8 Å². The molecule has 3 N–H and O–H groups in total. The fourth-order valence-electron chi connectivity index (χ4n) is 4.36. The monoisotopic (exact) mass is 584 g/mol. The minimum Gasteiger partial charge on any atom is -0.444 e. The van der Waals surface area contributed by atoms with E-state index in [1.165, 1.54) is 24.2 Å². The first-order valence-corrected chi connectivity index (χ1v) is 15.8. The van der Waals surface area contributed by atoms with Crippen LogP contribution in [0.25, 0.3) is 0 Å². The van der Waals surface area contributed by atoms with E-state index in [-0.39, 0.29) is 36.1 Å².